The number of benzene rings is 1. The van der Waals surface area contributed by atoms with Gasteiger partial charge in [-0.2, -0.15) is 0 Å². The van der Waals surface area contributed by atoms with E-state index in [1.807, 2.05) is 36.4 Å². The van der Waals surface area contributed by atoms with E-state index in [1.165, 1.54) is 0 Å². The van der Waals surface area contributed by atoms with Crippen molar-refractivity contribution in [1.82, 2.24) is 14.9 Å². The van der Waals surface area contributed by atoms with E-state index in [2.05, 4.69) is 9.97 Å². The lowest BCUT2D eigenvalue weighted by molar-refractivity contribution is -0.138. The molecule has 142 valence electrons. The summed E-state index contributed by atoms with van der Waals surface area (Å²) in [5.74, 6) is -0.666. The van der Waals surface area contributed by atoms with Crippen molar-refractivity contribution in [3.8, 4) is 11.3 Å². The van der Waals surface area contributed by atoms with Crippen LogP contribution in [0.2, 0.25) is 0 Å². The number of hydrogen-bond donors (Lipinski definition) is 0. The molecule has 1 amide bonds. The predicted molar refractivity (Wildman–Crippen MR) is 106 cm³/mol. The molecular weight excluding hydrogens is 354 g/mol. The number of rotatable bonds is 4. The Hall–Kier alpha value is -3.28. The third-order valence-corrected chi connectivity index (χ3v) is 4.94. The summed E-state index contributed by atoms with van der Waals surface area (Å²) in [6.45, 7) is 3.08. The molecule has 4 rings (SSSR count). The van der Waals surface area contributed by atoms with Gasteiger partial charge in [-0.25, -0.2) is 9.78 Å². The molecule has 1 aromatic carbocycles. The van der Waals surface area contributed by atoms with Crippen LogP contribution < -0.4 is 0 Å². The van der Waals surface area contributed by atoms with Crippen molar-refractivity contribution in [1.29, 1.82) is 0 Å². The second-order valence-electron chi connectivity index (χ2n) is 6.89. The Morgan fingerprint density at radius 3 is 2.64 bits per heavy atom. The lowest BCUT2D eigenvalue weighted by Gasteiger charge is -2.20. The molecule has 1 aliphatic rings. The molecule has 2 aromatic heterocycles. The van der Waals surface area contributed by atoms with Gasteiger partial charge in [0.25, 0.3) is 5.91 Å². The maximum Gasteiger partial charge on any atom is 0.339 e. The molecule has 6 nitrogen and oxygen atoms in total. The number of hydrogen-bond acceptors (Lipinski definition) is 5. The Labute approximate surface area is 163 Å². The van der Waals surface area contributed by atoms with Crippen molar-refractivity contribution in [3.63, 3.8) is 0 Å². The molecule has 1 atom stereocenters. The van der Waals surface area contributed by atoms with Crippen LogP contribution in [-0.2, 0) is 9.53 Å². The first-order chi connectivity index (χ1) is 13.6. The van der Waals surface area contributed by atoms with Crippen molar-refractivity contribution >= 4 is 22.8 Å². The third-order valence-electron chi connectivity index (χ3n) is 4.94. The molecule has 0 saturated carbocycles. The average molecular weight is 375 g/mol. The van der Waals surface area contributed by atoms with Gasteiger partial charge in [0, 0.05) is 36.4 Å². The quantitative estimate of drug-likeness (QED) is 0.653. The fourth-order valence-electron chi connectivity index (χ4n) is 3.48. The Balaban J connectivity index is 1.66. The van der Waals surface area contributed by atoms with E-state index < -0.39 is 12.1 Å². The first kappa shape index (κ1) is 18.1. The zero-order chi connectivity index (χ0) is 19.5. The number of ether oxygens (including phenoxy) is 1. The molecule has 1 saturated heterocycles. The summed E-state index contributed by atoms with van der Waals surface area (Å²) in [4.78, 5) is 35.9. The highest BCUT2D eigenvalue weighted by Gasteiger charge is 2.27. The monoisotopic (exact) mass is 375 g/mol. The molecule has 1 fully saturated rings. The van der Waals surface area contributed by atoms with Crippen molar-refractivity contribution in [3.05, 3.63) is 60.4 Å². The number of esters is 1. The van der Waals surface area contributed by atoms with E-state index in [0.29, 0.717) is 22.2 Å². The molecule has 3 aromatic rings. The second-order valence-corrected chi connectivity index (χ2v) is 6.89. The summed E-state index contributed by atoms with van der Waals surface area (Å²) in [5, 5.41) is 0.695. The van der Waals surface area contributed by atoms with E-state index in [0.717, 1.165) is 31.5 Å². The summed E-state index contributed by atoms with van der Waals surface area (Å²) in [6, 6.07) is 12.8. The van der Waals surface area contributed by atoms with Crippen LogP contribution in [-0.4, -0.2) is 45.9 Å². The lowest BCUT2D eigenvalue weighted by Crippen LogP contribution is -2.38. The Morgan fingerprint density at radius 2 is 1.89 bits per heavy atom. The van der Waals surface area contributed by atoms with Crippen LogP contribution in [0.5, 0.6) is 0 Å². The van der Waals surface area contributed by atoms with E-state index in [-0.39, 0.29) is 5.91 Å². The number of amides is 1. The minimum Gasteiger partial charge on any atom is -0.449 e. The van der Waals surface area contributed by atoms with Gasteiger partial charge in [0.05, 0.1) is 16.8 Å². The molecular formula is C22H21N3O3. The van der Waals surface area contributed by atoms with Gasteiger partial charge >= 0.3 is 5.97 Å². The molecule has 0 radical (unpaired) electrons. The summed E-state index contributed by atoms with van der Waals surface area (Å²) in [6.07, 6.45) is 4.56. The van der Waals surface area contributed by atoms with Crippen LogP contribution in [0.4, 0.5) is 0 Å². The van der Waals surface area contributed by atoms with Crippen molar-refractivity contribution in [2.75, 3.05) is 13.1 Å². The predicted octanol–water partition coefficient (Wildman–Crippen LogP) is 3.46. The van der Waals surface area contributed by atoms with Gasteiger partial charge in [-0.05, 0) is 44.0 Å². The summed E-state index contributed by atoms with van der Waals surface area (Å²) >= 11 is 0. The summed E-state index contributed by atoms with van der Waals surface area (Å²) in [7, 11) is 0. The maximum atomic E-state index is 12.9. The Bertz CT molecular complexity index is 1010. The minimum atomic E-state index is -0.820. The summed E-state index contributed by atoms with van der Waals surface area (Å²) < 4.78 is 5.54. The van der Waals surface area contributed by atoms with E-state index in [4.69, 9.17) is 4.74 Å². The third kappa shape index (κ3) is 3.58. The van der Waals surface area contributed by atoms with Crippen molar-refractivity contribution in [2.45, 2.75) is 25.9 Å². The molecule has 0 spiro atoms. The lowest BCUT2D eigenvalue weighted by atomic mass is 10.0. The molecule has 0 N–H and O–H groups in total. The van der Waals surface area contributed by atoms with Gasteiger partial charge in [-0.15, -0.1) is 0 Å². The number of fused-ring (bicyclic) bond motifs is 1. The summed E-state index contributed by atoms with van der Waals surface area (Å²) in [5.41, 5.74) is 2.53. The smallest absolute Gasteiger partial charge is 0.339 e. The normalized spacial score (nSPS) is 14.8. The van der Waals surface area contributed by atoms with Crippen LogP contribution in [0.15, 0.2) is 54.9 Å². The van der Waals surface area contributed by atoms with Gasteiger partial charge in [0.15, 0.2) is 6.10 Å². The number of pyridine rings is 2. The van der Waals surface area contributed by atoms with E-state index in [9.17, 15) is 9.59 Å². The average Bonchev–Trinajstić information content (AvgIpc) is 3.27. The number of carbonyl (C=O) groups excluding carboxylic acids is 2. The van der Waals surface area contributed by atoms with Gasteiger partial charge in [-0.3, -0.25) is 9.78 Å². The van der Waals surface area contributed by atoms with Gasteiger partial charge in [0.2, 0.25) is 0 Å². The van der Waals surface area contributed by atoms with Gasteiger partial charge in [-0.1, -0.05) is 18.2 Å². The molecule has 1 aliphatic heterocycles. The fraction of sp³-hybridized carbons (Fsp3) is 0.273. The van der Waals surface area contributed by atoms with Crippen molar-refractivity contribution < 1.29 is 14.3 Å². The highest BCUT2D eigenvalue weighted by molar-refractivity contribution is 6.05. The number of likely N-dealkylation sites (tertiary alicyclic amines) is 1. The fourth-order valence-corrected chi connectivity index (χ4v) is 3.48. The second kappa shape index (κ2) is 7.76. The minimum absolute atomic E-state index is 0.142. The number of carbonyl (C=O) groups is 2. The van der Waals surface area contributed by atoms with Crippen molar-refractivity contribution in [2.24, 2.45) is 0 Å². The molecule has 1 unspecified atom stereocenters. The highest BCUT2D eigenvalue weighted by atomic mass is 16.5. The first-order valence-electron chi connectivity index (χ1n) is 9.43. The zero-order valence-electron chi connectivity index (χ0n) is 15.7. The Kier molecular flexibility index (Phi) is 5.02. The number of aromatic nitrogens is 2. The van der Waals surface area contributed by atoms with Gasteiger partial charge < -0.3 is 9.64 Å². The largest absolute Gasteiger partial charge is 0.449 e. The number of nitrogens with zero attached hydrogens (tertiary/aromatic N) is 3. The SMILES string of the molecule is CC(OC(=O)c1cc(-c2cccnc2)nc2ccccc12)C(=O)N1CCCC1. The first-order valence-corrected chi connectivity index (χ1v) is 9.43. The number of para-hydroxylation sites is 1. The van der Waals surface area contributed by atoms with E-state index in [1.54, 1.807) is 30.3 Å². The van der Waals surface area contributed by atoms with Crippen LogP contribution in [0, 0.1) is 0 Å². The molecule has 28 heavy (non-hydrogen) atoms. The molecule has 3 heterocycles. The highest BCUT2D eigenvalue weighted by Crippen LogP contribution is 2.25. The zero-order valence-corrected chi connectivity index (χ0v) is 15.7. The molecule has 0 aliphatic carbocycles. The van der Waals surface area contributed by atoms with E-state index >= 15 is 0 Å². The topological polar surface area (TPSA) is 72.4 Å². The van der Waals surface area contributed by atoms with Gasteiger partial charge in [0.1, 0.15) is 0 Å². The maximum absolute atomic E-state index is 12.9. The standard InChI is InChI=1S/C22H21N3O3/c1-15(21(26)25-11-4-5-12-25)28-22(27)18-13-20(16-7-6-10-23-14-16)24-19-9-3-2-8-17(18)19/h2-3,6-10,13-15H,4-5,11-12H2,1H3. The Morgan fingerprint density at radius 1 is 1.11 bits per heavy atom. The molecule has 6 heteroatoms. The van der Waals surface area contributed by atoms with Crippen LogP contribution in [0.3, 0.4) is 0 Å². The van der Waals surface area contributed by atoms with Crippen LogP contribution >= 0.6 is 0 Å². The van der Waals surface area contributed by atoms with Crippen LogP contribution in [0.25, 0.3) is 22.2 Å². The van der Waals surface area contributed by atoms with Crippen LogP contribution in [0.1, 0.15) is 30.1 Å². The molecule has 0 bridgehead atoms.